The molecule has 90 valence electrons. The highest BCUT2D eigenvalue weighted by Gasteiger charge is 2.12. The average molecular weight is 225 g/mol. The molecule has 0 radical (unpaired) electrons. The lowest BCUT2D eigenvalue weighted by molar-refractivity contribution is 0.0531. The molecule has 1 heterocycles. The van der Waals surface area contributed by atoms with E-state index in [1.807, 2.05) is 20.9 Å². The molecule has 1 unspecified atom stereocenters. The third-order valence-corrected chi connectivity index (χ3v) is 2.21. The Morgan fingerprint density at radius 2 is 2.31 bits per heavy atom. The molecule has 0 fully saturated rings. The maximum absolute atomic E-state index is 11.4. The first-order valence-electron chi connectivity index (χ1n) is 5.57. The molecule has 1 aromatic rings. The Bertz CT molecular complexity index is 376. The summed E-state index contributed by atoms with van der Waals surface area (Å²) in [4.78, 5) is 18.5. The van der Waals surface area contributed by atoms with E-state index in [1.165, 1.54) is 6.07 Å². The molecule has 1 atom stereocenters. The van der Waals surface area contributed by atoms with Crippen molar-refractivity contribution in [2.24, 2.45) is 0 Å². The van der Waals surface area contributed by atoms with Crippen LogP contribution in [0.2, 0.25) is 0 Å². The molecule has 5 nitrogen and oxygen atoms in total. The SMILES string of the molecule is CCOC(CC)c1nc(CNC)cc(=O)[nH]1. The van der Waals surface area contributed by atoms with Gasteiger partial charge in [-0.1, -0.05) is 6.92 Å². The van der Waals surface area contributed by atoms with Gasteiger partial charge in [0, 0.05) is 19.2 Å². The van der Waals surface area contributed by atoms with Crippen molar-refractivity contribution in [3.05, 3.63) is 27.9 Å². The quantitative estimate of drug-likeness (QED) is 0.757. The van der Waals surface area contributed by atoms with E-state index in [9.17, 15) is 4.79 Å². The van der Waals surface area contributed by atoms with Crippen LogP contribution in [0.4, 0.5) is 0 Å². The Kier molecular flexibility index (Phi) is 5.14. The summed E-state index contributed by atoms with van der Waals surface area (Å²) in [5.74, 6) is 0.613. The first kappa shape index (κ1) is 12.9. The molecule has 0 aliphatic rings. The minimum atomic E-state index is -0.131. The lowest BCUT2D eigenvalue weighted by Gasteiger charge is -2.14. The van der Waals surface area contributed by atoms with Crippen molar-refractivity contribution in [2.75, 3.05) is 13.7 Å². The Hall–Kier alpha value is -1.20. The summed E-state index contributed by atoms with van der Waals surface area (Å²) >= 11 is 0. The zero-order chi connectivity index (χ0) is 12.0. The van der Waals surface area contributed by atoms with E-state index in [0.717, 1.165) is 12.1 Å². The minimum absolute atomic E-state index is 0.130. The largest absolute Gasteiger partial charge is 0.371 e. The number of H-pyrrole nitrogens is 1. The van der Waals surface area contributed by atoms with Crippen molar-refractivity contribution in [3.63, 3.8) is 0 Å². The molecule has 2 N–H and O–H groups in total. The van der Waals surface area contributed by atoms with Crippen LogP contribution in [-0.2, 0) is 11.3 Å². The van der Waals surface area contributed by atoms with Crippen LogP contribution in [0.5, 0.6) is 0 Å². The Morgan fingerprint density at radius 3 is 2.88 bits per heavy atom. The van der Waals surface area contributed by atoms with Gasteiger partial charge in [-0.15, -0.1) is 0 Å². The molecule has 5 heteroatoms. The zero-order valence-corrected chi connectivity index (χ0v) is 10.0. The van der Waals surface area contributed by atoms with Crippen molar-refractivity contribution in [1.82, 2.24) is 15.3 Å². The normalized spacial score (nSPS) is 12.7. The highest BCUT2D eigenvalue weighted by Crippen LogP contribution is 2.15. The molecule has 16 heavy (non-hydrogen) atoms. The summed E-state index contributed by atoms with van der Waals surface area (Å²) in [5.41, 5.74) is 0.604. The van der Waals surface area contributed by atoms with Gasteiger partial charge in [-0.2, -0.15) is 0 Å². The van der Waals surface area contributed by atoms with Crippen molar-refractivity contribution >= 4 is 0 Å². The van der Waals surface area contributed by atoms with Gasteiger partial charge >= 0.3 is 0 Å². The lowest BCUT2D eigenvalue weighted by Crippen LogP contribution is -2.19. The lowest BCUT2D eigenvalue weighted by atomic mass is 10.2. The van der Waals surface area contributed by atoms with Crippen molar-refractivity contribution in [3.8, 4) is 0 Å². The molecule has 0 spiro atoms. The van der Waals surface area contributed by atoms with Crippen LogP contribution in [0.25, 0.3) is 0 Å². The Labute approximate surface area is 95.3 Å². The summed E-state index contributed by atoms with van der Waals surface area (Å²) in [6.45, 7) is 5.13. The fourth-order valence-electron chi connectivity index (χ4n) is 1.54. The first-order chi connectivity index (χ1) is 7.71. The fourth-order valence-corrected chi connectivity index (χ4v) is 1.54. The van der Waals surface area contributed by atoms with Gasteiger partial charge in [0.2, 0.25) is 0 Å². The van der Waals surface area contributed by atoms with Gasteiger partial charge in [-0.3, -0.25) is 4.79 Å². The van der Waals surface area contributed by atoms with Gasteiger partial charge in [0.05, 0.1) is 5.69 Å². The number of nitrogens with one attached hydrogen (secondary N) is 2. The van der Waals surface area contributed by atoms with Gasteiger partial charge in [0.25, 0.3) is 5.56 Å². The van der Waals surface area contributed by atoms with Crippen molar-refractivity contribution < 1.29 is 4.74 Å². The van der Waals surface area contributed by atoms with E-state index in [-0.39, 0.29) is 11.7 Å². The molecule has 0 saturated carbocycles. The maximum atomic E-state index is 11.4. The van der Waals surface area contributed by atoms with Crippen LogP contribution >= 0.6 is 0 Å². The predicted molar refractivity (Wildman–Crippen MR) is 62.3 cm³/mol. The van der Waals surface area contributed by atoms with E-state index in [2.05, 4.69) is 15.3 Å². The number of hydrogen-bond acceptors (Lipinski definition) is 4. The maximum Gasteiger partial charge on any atom is 0.251 e. The number of aromatic nitrogens is 2. The van der Waals surface area contributed by atoms with E-state index in [4.69, 9.17) is 4.74 Å². The standard InChI is InChI=1S/C11H19N3O2/c1-4-9(16-5-2)11-13-8(7-12-3)6-10(15)14-11/h6,9,12H,4-5,7H2,1-3H3,(H,13,14,15). The zero-order valence-electron chi connectivity index (χ0n) is 10.0. The van der Waals surface area contributed by atoms with E-state index < -0.39 is 0 Å². The van der Waals surface area contributed by atoms with Gasteiger partial charge in [-0.05, 0) is 20.4 Å². The summed E-state index contributed by atoms with van der Waals surface area (Å²) in [6, 6.07) is 1.50. The van der Waals surface area contributed by atoms with Gasteiger partial charge in [0.1, 0.15) is 11.9 Å². The topological polar surface area (TPSA) is 67.0 Å². The second kappa shape index (κ2) is 6.40. The second-order valence-electron chi connectivity index (χ2n) is 3.50. The van der Waals surface area contributed by atoms with Crippen LogP contribution < -0.4 is 10.9 Å². The number of ether oxygens (including phenoxy) is 1. The van der Waals surface area contributed by atoms with Gasteiger partial charge < -0.3 is 15.0 Å². The van der Waals surface area contributed by atoms with Crippen LogP contribution in [0, 0.1) is 0 Å². The molecule has 0 aliphatic carbocycles. The van der Waals surface area contributed by atoms with Crippen molar-refractivity contribution in [1.29, 1.82) is 0 Å². The molecule has 1 rings (SSSR count). The molecular formula is C11H19N3O2. The van der Waals surface area contributed by atoms with Gasteiger partial charge in [-0.25, -0.2) is 4.98 Å². The summed E-state index contributed by atoms with van der Waals surface area (Å²) < 4.78 is 5.51. The minimum Gasteiger partial charge on any atom is -0.371 e. The average Bonchev–Trinajstić information content (AvgIpc) is 2.25. The monoisotopic (exact) mass is 225 g/mol. The fraction of sp³-hybridized carbons (Fsp3) is 0.636. The summed E-state index contributed by atoms with van der Waals surface area (Å²) in [7, 11) is 1.82. The first-order valence-corrected chi connectivity index (χ1v) is 5.57. The molecule has 0 bridgehead atoms. The van der Waals surface area contributed by atoms with E-state index >= 15 is 0 Å². The van der Waals surface area contributed by atoms with E-state index in [1.54, 1.807) is 0 Å². The second-order valence-corrected chi connectivity index (χ2v) is 3.50. The third kappa shape index (κ3) is 3.43. The summed E-state index contributed by atoms with van der Waals surface area (Å²) in [6.07, 6.45) is 0.661. The molecule has 0 aromatic carbocycles. The number of rotatable bonds is 6. The van der Waals surface area contributed by atoms with Crippen LogP contribution in [0.1, 0.15) is 37.9 Å². The van der Waals surface area contributed by atoms with Gasteiger partial charge in [0.15, 0.2) is 0 Å². The number of hydrogen-bond donors (Lipinski definition) is 2. The molecule has 0 amide bonds. The Morgan fingerprint density at radius 1 is 1.56 bits per heavy atom. The number of nitrogens with zero attached hydrogens (tertiary/aromatic N) is 1. The summed E-state index contributed by atoms with van der Waals surface area (Å²) in [5, 5.41) is 2.97. The highest BCUT2D eigenvalue weighted by molar-refractivity contribution is 5.04. The van der Waals surface area contributed by atoms with Crippen LogP contribution in [0.3, 0.4) is 0 Å². The third-order valence-electron chi connectivity index (χ3n) is 2.21. The Balaban J connectivity index is 2.97. The van der Waals surface area contributed by atoms with Crippen LogP contribution in [0.15, 0.2) is 10.9 Å². The highest BCUT2D eigenvalue weighted by atomic mass is 16.5. The predicted octanol–water partition coefficient (Wildman–Crippen LogP) is 0.977. The molecule has 0 saturated heterocycles. The smallest absolute Gasteiger partial charge is 0.251 e. The van der Waals surface area contributed by atoms with E-state index in [0.29, 0.717) is 19.0 Å². The molecule has 1 aromatic heterocycles. The molecule has 0 aliphatic heterocycles. The van der Waals surface area contributed by atoms with Crippen molar-refractivity contribution in [2.45, 2.75) is 32.9 Å². The van der Waals surface area contributed by atoms with Crippen LogP contribution in [-0.4, -0.2) is 23.6 Å². The number of aromatic amines is 1. The molecular weight excluding hydrogens is 206 g/mol.